The van der Waals surface area contributed by atoms with E-state index in [0.29, 0.717) is 24.2 Å². The molecule has 0 bridgehead atoms. The Kier molecular flexibility index (Phi) is 9.67. The minimum absolute atomic E-state index is 0.117. The van der Waals surface area contributed by atoms with Crippen molar-refractivity contribution in [1.29, 1.82) is 0 Å². The molecule has 45 heavy (non-hydrogen) atoms. The second-order valence-electron chi connectivity index (χ2n) is 13.5. The van der Waals surface area contributed by atoms with Gasteiger partial charge < -0.3 is 10.0 Å². The van der Waals surface area contributed by atoms with Gasteiger partial charge in [0, 0.05) is 17.8 Å². The third-order valence-corrected chi connectivity index (χ3v) is 11.6. The SMILES string of the molecule is CCc1nc(Cc2ccc(C(F)(F)F)cc2)sc1C1CCN(CC2CC(C(CC3CC3)C(=O)O)C[C@@H]2c2cccc(F)c2)CC1. The number of hydrogen-bond acceptors (Lipinski definition) is 4. The summed E-state index contributed by atoms with van der Waals surface area (Å²) >= 11 is 1.70. The standard InChI is InChI=1S/C36H42F4N2O2S/c1-2-32-34(45-33(41-32)17-23-8-10-28(11-9-23)36(38,39)40)24-12-14-42(15-13-24)21-27-18-26(31(35(43)44)16-22-6-7-22)20-30(27)25-4-3-5-29(37)19-25/h3-5,8-11,19,22,24,26-27,30-31H,2,6-7,12-18,20-21H2,1H3,(H,43,44)/t26?,27?,30-,31?/m1/s1. The summed E-state index contributed by atoms with van der Waals surface area (Å²) in [7, 11) is 0. The lowest BCUT2D eigenvalue weighted by Crippen LogP contribution is -2.37. The fraction of sp³-hybridized carbons (Fsp3) is 0.556. The molecule has 2 saturated carbocycles. The Morgan fingerprint density at radius 1 is 1.07 bits per heavy atom. The maximum absolute atomic E-state index is 14.3. The first-order valence-electron chi connectivity index (χ1n) is 16.4. The number of thiazole rings is 1. The molecule has 0 amide bonds. The van der Waals surface area contributed by atoms with Gasteiger partial charge in [-0.05, 0) is 117 Å². The van der Waals surface area contributed by atoms with Gasteiger partial charge in [0.1, 0.15) is 5.82 Å². The Morgan fingerprint density at radius 2 is 1.80 bits per heavy atom. The highest BCUT2D eigenvalue weighted by molar-refractivity contribution is 7.11. The van der Waals surface area contributed by atoms with Crippen LogP contribution in [0.5, 0.6) is 0 Å². The lowest BCUT2D eigenvalue weighted by atomic mass is 9.85. The highest BCUT2D eigenvalue weighted by Gasteiger charge is 2.44. The van der Waals surface area contributed by atoms with Gasteiger partial charge in [0.15, 0.2) is 0 Å². The zero-order chi connectivity index (χ0) is 31.7. The minimum Gasteiger partial charge on any atom is -0.481 e. The third kappa shape index (κ3) is 7.79. The second kappa shape index (κ2) is 13.5. The number of halogens is 4. The van der Waals surface area contributed by atoms with Crippen LogP contribution in [0.2, 0.25) is 0 Å². The summed E-state index contributed by atoms with van der Waals surface area (Å²) in [6.07, 6.45) is 3.74. The molecule has 9 heteroatoms. The van der Waals surface area contributed by atoms with E-state index in [1.54, 1.807) is 35.6 Å². The molecule has 2 heterocycles. The molecular formula is C36H42F4N2O2S. The van der Waals surface area contributed by atoms with E-state index in [0.717, 1.165) is 105 Å². The average Bonchev–Trinajstić information content (AvgIpc) is 3.60. The molecule has 1 aliphatic heterocycles. The number of aliphatic carboxylic acids is 1. The molecule has 3 fully saturated rings. The summed E-state index contributed by atoms with van der Waals surface area (Å²) in [6.45, 7) is 4.89. The smallest absolute Gasteiger partial charge is 0.416 e. The monoisotopic (exact) mass is 642 g/mol. The molecule has 1 aromatic heterocycles. The minimum atomic E-state index is -4.34. The predicted molar refractivity (Wildman–Crippen MR) is 168 cm³/mol. The maximum atomic E-state index is 14.3. The number of aromatic nitrogens is 1. The number of carboxylic acids is 1. The van der Waals surface area contributed by atoms with Crippen molar-refractivity contribution >= 4 is 17.3 Å². The van der Waals surface area contributed by atoms with E-state index in [9.17, 15) is 27.5 Å². The fourth-order valence-corrected chi connectivity index (χ4v) is 9.17. The van der Waals surface area contributed by atoms with Gasteiger partial charge in [-0.2, -0.15) is 13.2 Å². The summed E-state index contributed by atoms with van der Waals surface area (Å²) < 4.78 is 53.2. The Labute approximate surface area is 266 Å². The Bertz CT molecular complexity index is 1460. The molecule has 4 atom stereocenters. The summed E-state index contributed by atoms with van der Waals surface area (Å²) in [5.41, 5.74) is 2.28. The quantitative estimate of drug-likeness (QED) is 0.212. The number of piperidine rings is 1. The molecule has 1 saturated heterocycles. The van der Waals surface area contributed by atoms with Crippen molar-refractivity contribution < 1.29 is 27.5 Å². The molecule has 242 valence electrons. The molecular weight excluding hydrogens is 600 g/mol. The van der Waals surface area contributed by atoms with Gasteiger partial charge in [-0.15, -0.1) is 11.3 Å². The van der Waals surface area contributed by atoms with Crippen molar-refractivity contribution in [3.05, 3.63) is 86.6 Å². The average molecular weight is 643 g/mol. The third-order valence-electron chi connectivity index (χ3n) is 10.4. The van der Waals surface area contributed by atoms with Crippen LogP contribution < -0.4 is 0 Å². The fourth-order valence-electron chi connectivity index (χ4n) is 7.81. The number of hydrogen-bond donors (Lipinski definition) is 1. The molecule has 1 N–H and O–H groups in total. The number of carboxylic acid groups (broad SMARTS) is 1. The maximum Gasteiger partial charge on any atom is 0.416 e. The molecule has 3 unspecified atom stereocenters. The lowest BCUT2D eigenvalue weighted by molar-refractivity contribution is -0.144. The van der Waals surface area contributed by atoms with Crippen LogP contribution in [0.1, 0.15) is 96.0 Å². The molecule has 4 nitrogen and oxygen atoms in total. The van der Waals surface area contributed by atoms with Crippen LogP contribution in [-0.4, -0.2) is 40.6 Å². The molecule has 6 rings (SSSR count). The van der Waals surface area contributed by atoms with Gasteiger partial charge >= 0.3 is 12.1 Å². The summed E-state index contributed by atoms with van der Waals surface area (Å²) in [6, 6.07) is 12.3. The number of rotatable bonds is 11. The van der Waals surface area contributed by atoms with E-state index in [1.807, 2.05) is 6.07 Å². The van der Waals surface area contributed by atoms with Crippen LogP contribution in [0.15, 0.2) is 48.5 Å². The van der Waals surface area contributed by atoms with E-state index in [2.05, 4.69) is 11.8 Å². The highest BCUT2D eigenvalue weighted by atomic mass is 32.1. The van der Waals surface area contributed by atoms with Crippen LogP contribution in [-0.2, 0) is 23.8 Å². The van der Waals surface area contributed by atoms with Crippen molar-refractivity contribution in [2.75, 3.05) is 19.6 Å². The van der Waals surface area contributed by atoms with Crippen molar-refractivity contribution in [3.63, 3.8) is 0 Å². The van der Waals surface area contributed by atoms with Crippen molar-refractivity contribution in [2.24, 2.45) is 23.7 Å². The predicted octanol–water partition coefficient (Wildman–Crippen LogP) is 8.94. The van der Waals surface area contributed by atoms with E-state index in [1.165, 1.54) is 10.9 Å². The molecule has 2 aromatic carbocycles. The number of carbonyl (C=O) groups is 1. The molecule has 3 aliphatic rings. The molecule has 0 spiro atoms. The van der Waals surface area contributed by atoms with Gasteiger partial charge in [-0.3, -0.25) is 4.79 Å². The van der Waals surface area contributed by atoms with Crippen LogP contribution in [0.3, 0.4) is 0 Å². The van der Waals surface area contributed by atoms with Crippen LogP contribution in [0.25, 0.3) is 0 Å². The van der Waals surface area contributed by atoms with Crippen molar-refractivity contribution in [3.8, 4) is 0 Å². The van der Waals surface area contributed by atoms with Gasteiger partial charge in [0.25, 0.3) is 0 Å². The van der Waals surface area contributed by atoms with E-state index in [-0.39, 0.29) is 23.6 Å². The van der Waals surface area contributed by atoms with Gasteiger partial charge in [-0.25, -0.2) is 9.37 Å². The molecule has 0 radical (unpaired) electrons. The number of aryl methyl sites for hydroxylation is 1. The highest BCUT2D eigenvalue weighted by Crippen LogP contribution is 2.50. The van der Waals surface area contributed by atoms with Crippen LogP contribution in [0, 0.1) is 29.5 Å². The number of benzene rings is 2. The van der Waals surface area contributed by atoms with Crippen LogP contribution in [0.4, 0.5) is 17.6 Å². The molecule has 3 aromatic rings. The first-order chi connectivity index (χ1) is 21.6. The second-order valence-corrected chi connectivity index (χ2v) is 14.6. The van der Waals surface area contributed by atoms with E-state index in [4.69, 9.17) is 4.98 Å². The number of likely N-dealkylation sites (tertiary alicyclic amines) is 1. The topological polar surface area (TPSA) is 53.4 Å². The summed E-state index contributed by atoms with van der Waals surface area (Å²) in [5.74, 6) is 0.279. The number of alkyl halides is 3. The summed E-state index contributed by atoms with van der Waals surface area (Å²) in [4.78, 5) is 21.0. The van der Waals surface area contributed by atoms with Crippen molar-refractivity contribution in [2.45, 2.75) is 82.7 Å². The largest absolute Gasteiger partial charge is 0.481 e. The van der Waals surface area contributed by atoms with Gasteiger partial charge in [0.2, 0.25) is 0 Å². The van der Waals surface area contributed by atoms with Crippen molar-refractivity contribution in [1.82, 2.24) is 9.88 Å². The first kappa shape index (κ1) is 32.2. The zero-order valence-electron chi connectivity index (χ0n) is 25.7. The Balaban J connectivity index is 1.10. The van der Waals surface area contributed by atoms with Crippen LogP contribution >= 0.6 is 11.3 Å². The Hall–Kier alpha value is -2.78. The Morgan fingerprint density at radius 3 is 2.42 bits per heavy atom. The van der Waals surface area contributed by atoms with E-state index >= 15 is 0 Å². The normalized spacial score (nSPS) is 23.8. The molecule has 2 aliphatic carbocycles. The van der Waals surface area contributed by atoms with E-state index < -0.39 is 17.7 Å². The first-order valence-corrected chi connectivity index (χ1v) is 17.2. The number of nitrogens with zero attached hydrogens (tertiary/aromatic N) is 2. The van der Waals surface area contributed by atoms with Gasteiger partial charge in [-0.1, -0.05) is 44.0 Å². The van der Waals surface area contributed by atoms with Gasteiger partial charge in [0.05, 0.1) is 22.2 Å². The lowest BCUT2D eigenvalue weighted by Gasteiger charge is -2.35. The summed E-state index contributed by atoms with van der Waals surface area (Å²) in [5, 5.41) is 11.1. The zero-order valence-corrected chi connectivity index (χ0v) is 26.6.